The molecule has 0 aliphatic rings. The Kier molecular flexibility index (Phi) is 10.9. The second-order valence-electron chi connectivity index (χ2n) is 9.62. The summed E-state index contributed by atoms with van der Waals surface area (Å²) in [4.78, 5) is 28.6. The van der Waals surface area contributed by atoms with Crippen molar-refractivity contribution in [1.29, 1.82) is 0 Å². The number of hydrogen-bond donors (Lipinski definition) is 1. The first-order chi connectivity index (χ1) is 18.8. The lowest BCUT2D eigenvalue weighted by Gasteiger charge is -2.34. The van der Waals surface area contributed by atoms with Gasteiger partial charge in [0, 0.05) is 22.6 Å². The summed E-state index contributed by atoms with van der Waals surface area (Å²) in [5, 5.41) is 3.61. The van der Waals surface area contributed by atoms with E-state index >= 15 is 0 Å². The van der Waals surface area contributed by atoms with Gasteiger partial charge in [-0.3, -0.25) is 13.9 Å². The fourth-order valence-corrected chi connectivity index (χ4v) is 6.19. The van der Waals surface area contributed by atoms with Gasteiger partial charge in [-0.15, -0.1) is 0 Å². The molecule has 1 N–H and O–H groups in total. The van der Waals surface area contributed by atoms with Crippen LogP contribution in [-0.2, 0) is 26.2 Å². The van der Waals surface area contributed by atoms with Crippen molar-refractivity contribution in [3.63, 3.8) is 0 Å². The molecule has 0 spiro atoms. The zero-order valence-corrected chi connectivity index (χ0v) is 25.8. The van der Waals surface area contributed by atoms with E-state index in [2.05, 4.69) is 5.32 Å². The van der Waals surface area contributed by atoms with Crippen LogP contribution in [0.5, 0.6) is 0 Å². The van der Waals surface area contributed by atoms with Gasteiger partial charge >= 0.3 is 0 Å². The highest BCUT2D eigenvalue weighted by molar-refractivity contribution is 7.92. The SMILES string of the molecule is CC[C@@H](C(=O)NC(C)C)N(Cc1ccccc1Cl)C(=O)CN(c1cc(Cl)ccc1Cl)S(=O)(=O)c1ccc(C)cc1. The lowest BCUT2D eigenvalue weighted by Crippen LogP contribution is -2.53. The third kappa shape index (κ3) is 7.69. The second-order valence-corrected chi connectivity index (χ2v) is 12.7. The summed E-state index contributed by atoms with van der Waals surface area (Å²) in [6.45, 7) is 6.62. The summed E-state index contributed by atoms with van der Waals surface area (Å²) in [6, 6.07) is 16.6. The van der Waals surface area contributed by atoms with Gasteiger partial charge < -0.3 is 10.2 Å². The van der Waals surface area contributed by atoms with Crippen molar-refractivity contribution in [1.82, 2.24) is 10.2 Å². The predicted molar refractivity (Wildman–Crippen MR) is 162 cm³/mol. The van der Waals surface area contributed by atoms with E-state index in [1.807, 2.05) is 20.8 Å². The van der Waals surface area contributed by atoms with Crippen LogP contribution < -0.4 is 9.62 Å². The van der Waals surface area contributed by atoms with Crippen molar-refractivity contribution in [2.45, 2.75) is 57.6 Å². The van der Waals surface area contributed by atoms with Crippen LogP contribution in [0, 0.1) is 6.92 Å². The van der Waals surface area contributed by atoms with Crippen LogP contribution in [0.1, 0.15) is 38.3 Å². The fourth-order valence-electron chi connectivity index (χ4n) is 4.14. The number of amides is 2. The molecule has 2 amide bonds. The molecule has 3 aromatic carbocycles. The van der Waals surface area contributed by atoms with E-state index in [0.717, 1.165) is 9.87 Å². The van der Waals surface area contributed by atoms with E-state index in [1.165, 1.54) is 35.2 Å². The molecule has 0 aliphatic carbocycles. The maximum absolute atomic E-state index is 14.1. The molecule has 7 nitrogen and oxygen atoms in total. The molecule has 0 bridgehead atoms. The first-order valence-corrected chi connectivity index (χ1v) is 15.3. The maximum Gasteiger partial charge on any atom is 0.264 e. The van der Waals surface area contributed by atoms with Crippen molar-refractivity contribution in [2.24, 2.45) is 0 Å². The van der Waals surface area contributed by atoms with Crippen LogP contribution in [0.25, 0.3) is 0 Å². The Labute approximate surface area is 251 Å². The lowest BCUT2D eigenvalue weighted by atomic mass is 10.1. The summed E-state index contributed by atoms with van der Waals surface area (Å²) in [5.41, 5.74) is 1.53. The molecule has 0 aromatic heterocycles. The molecule has 0 saturated carbocycles. The molecule has 0 heterocycles. The summed E-state index contributed by atoms with van der Waals surface area (Å²) in [5.74, 6) is -0.968. The Morgan fingerprint density at radius 2 is 1.57 bits per heavy atom. The minimum Gasteiger partial charge on any atom is -0.352 e. The molecule has 0 fully saturated rings. The zero-order chi connectivity index (χ0) is 29.6. The zero-order valence-electron chi connectivity index (χ0n) is 22.7. The number of sulfonamides is 1. The third-order valence-corrected chi connectivity index (χ3v) is 8.88. The van der Waals surface area contributed by atoms with Gasteiger partial charge in [0.15, 0.2) is 0 Å². The average molecular weight is 625 g/mol. The third-order valence-electron chi connectivity index (χ3n) is 6.18. The number of rotatable bonds is 11. The Morgan fingerprint density at radius 1 is 0.925 bits per heavy atom. The number of carbonyl (C=O) groups is 2. The van der Waals surface area contributed by atoms with Crippen molar-refractivity contribution in [2.75, 3.05) is 10.8 Å². The quantitative estimate of drug-likeness (QED) is 0.265. The van der Waals surface area contributed by atoms with Crippen LogP contribution in [0.3, 0.4) is 0 Å². The molecular formula is C29H32Cl3N3O4S. The average Bonchev–Trinajstić information content (AvgIpc) is 2.89. The van der Waals surface area contributed by atoms with E-state index in [9.17, 15) is 18.0 Å². The number of aryl methyl sites for hydroxylation is 1. The largest absolute Gasteiger partial charge is 0.352 e. The Bertz CT molecular complexity index is 1460. The fraction of sp³-hybridized carbons (Fsp3) is 0.310. The minimum absolute atomic E-state index is 0.00970. The minimum atomic E-state index is -4.28. The maximum atomic E-state index is 14.1. The molecule has 0 radical (unpaired) electrons. The first kappa shape index (κ1) is 31.7. The Morgan fingerprint density at radius 3 is 2.17 bits per heavy atom. The lowest BCUT2D eigenvalue weighted by molar-refractivity contribution is -0.140. The summed E-state index contributed by atoms with van der Waals surface area (Å²) >= 11 is 19.1. The Hall–Kier alpha value is -2.78. The number of anilines is 1. The van der Waals surface area contributed by atoms with Gasteiger partial charge in [0.25, 0.3) is 10.0 Å². The van der Waals surface area contributed by atoms with Crippen LogP contribution in [0.15, 0.2) is 71.6 Å². The highest BCUT2D eigenvalue weighted by Crippen LogP contribution is 2.33. The molecule has 0 saturated heterocycles. The molecule has 11 heteroatoms. The number of halogens is 3. The van der Waals surface area contributed by atoms with Gasteiger partial charge in [0.05, 0.1) is 15.6 Å². The van der Waals surface area contributed by atoms with Gasteiger partial charge in [0.2, 0.25) is 11.8 Å². The van der Waals surface area contributed by atoms with Crippen LogP contribution in [0.2, 0.25) is 15.1 Å². The molecule has 3 rings (SSSR count). The number of hydrogen-bond acceptors (Lipinski definition) is 4. The standard InChI is InChI=1S/C29H32Cl3N3O4S/c1-5-26(29(37)33-19(2)3)34(17-21-8-6-7-9-24(21)31)28(36)18-35(27-16-22(30)12-15-25(27)32)40(38,39)23-13-10-20(4)11-14-23/h6-16,19,26H,5,17-18H2,1-4H3,(H,33,37)/t26-/m0/s1. The highest BCUT2D eigenvalue weighted by Gasteiger charge is 2.35. The molecule has 1 atom stereocenters. The molecule has 0 aliphatic heterocycles. The van der Waals surface area contributed by atoms with Gasteiger partial charge in [-0.1, -0.05) is 77.6 Å². The van der Waals surface area contributed by atoms with Gasteiger partial charge in [0.1, 0.15) is 12.6 Å². The smallest absolute Gasteiger partial charge is 0.264 e. The normalized spacial score (nSPS) is 12.2. The van der Waals surface area contributed by atoms with Crippen LogP contribution in [-0.4, -0.2) is 43.8 Å². The number of carbonyl (C=O) groups excluding carboxylic acids is 2. The van der Waals surface area contributed by atoms with E-state index < -0.39 is 28.5 Å². The van der Waals surface area contributed by atoms with Crippen molar-refractivity contribution in [3.05, 3.63) is 92.9 Å². The van der Waals surface area contributed by atoms with Crippen molar-refractivity contribution < 1.29 is 18.0 Å². The van der Waals surface area contributed by atoms with Crippen LogP contribution >= 0.6 is 34.8 Å². The van der Waals surface area contributed by atoms with E-state index in [4.69, 9.17) is 34.8 Å². The molecule has 40 heavy (non-hydrogen) atoms. The number of nitrogens with one attached hydrogen (secondary N) is 1. The highest BCUT2D eigenvalue weighted by atomic mass is 35.5. The Balaban J connectivity index is 2.12. The monoisotopic (exact) mass is 623 g/mol. The van der Waals surface area contributed by atoms with E-state index in [1.54, 1.807) is 43.3 Å². The van der Waals surface area contributed by atoms with E-state index in [-0.39, 0.29) is 45.5 Å². The number of nitrogens with zero attached hydrogens (tertiary/aromatic N) is 2. The summed E-state index contributed by atoms with van der Waals surface area (Å²) in [7, 11) is -4.28. The molecular weight excluding hydrogens is 593 g/mol. The first-order valence-electron chi connectivity index (χ1n) is 12.7. The van der Waals surface area contributed by atoms with Gasteiger partial charge in [-0.05, 0) is 69.2 Å². The topological polar surface area (TPSA) is 86.8 Å². The van der Waals surface area contributed by atoms with Crippen molar-refractivity contribution in [3.8, 4) is 0 Å². The summed E-state index contributed by atoms with van der Waals surface area (Å²) in [6.07, 6.45) is 0.289. The van der Waals surface area contributed by atoms with Crippen LogP contribution in [0.4, 0.5) is 5.69 Å². The van der Waals surface area contributed by atoms with Gasteiger partial charge in [-0.25, -0.2) is 8.42 Å². The van der Waals surface area contributed by atoms with Crippen molar-refractivity contribution >= 4 is 62.3 Å². The van der Waals surface area contributed by atoms with Gasteiger partial charge in [-0.2, -0.15) is 0 Å². The molecule has 0 unspecified atom stereocenters. The molecule has 214 valence electrons. The predicted octanol–water partition coefficient (Wildman–Crippen LogP) is 6.48. The number of benzene rings is 3. The molecule has 3 aromatic rings. The van der Waals surface area contributed by atoms with E-state index in [0.29, 0.717) is 10.6 Å². The second kappa shape index (κ2) is 13.7. The summed E-state index contributed by atoms with van der Waals surface area (Å²) < 4.78 is 28.8.